The van der Waals surface area contributed by atoms with Crippen LogP contribution in [0.15, 0.2) is 24.3 Å². The highest BCUT2D eigenvalue weighted by atomic mass is 19.4. The fourth-order valence-corrected chi connectivity index (χ4v) is 3.56. The van der Waals surface area contributed by atoms with Gasteiger partial charge in [-0.1, -0.05) is 39.0 Å². The number of piperidine rings is 1. The van der Waals surface area contributed by atoms with Gasteiger partial charge in [0, 0.05) is 25.2 Å². The van der Waals surface area contributed by atoms with Crippen molar-refractivity contribution >= 4 is 5.69 Å². The molecule has 148 valence electrons. The van der Waals surface area contributed by atoms with E-state index in [0.29, 0.717) is 5.75 Å². The largest absolute Gasteiger partial charge is 0.494 e. The Labute approximate surface area is 155 Å². The first-order valence-corrected chi connectivity index (χ1v) is 10.0. The smallest absolute Gasteiger partial charge is 0.389 e. The Hall–Kier alpha value is -1.39. The molecule has 2 rings (SSSR count). The summed E-state index contributed by atoms with van der Waals surface area (Å²) >= 11 is 0. The molecule has 0 aromatic heterocycles. The van der Waals surface area contributed by atoms with Crippen molar-refractivity contribution in [1.29, 1.82) is 0 Å². The van der Waals surface area contributed by atoms with Crippen LogP contribution in [0.2, 0.25) is 0 Å². The Morgan fingerprint density at radius 2 is 1.69 bits per heavy atom. The van der Waals surface area contributed by atoms with E-state index >= 15 is 0 Å². The highest BCUT2D eigenvalue weighted by Gasteiger charge is 2.26. The van der Waals surface area contributed by atoms with Gasteiger partial charge in [-0.25, -0.2) is 0 Å². The van der Waals surface area contributed by atoms with Gasteiger partial charge in [0.15, 0.2) is 0 Å². The number of unbranched alkanes of at least 4 members (excludes halogenated alkanes) is 3. The summed E-state index contributed by atoms with van der Waals surface area (Å²) in [7, 11) is 0. The molecule has 0 spiro atoms. The number of nitrogens with zero attached hydrogens (tertiary/aromatic N) is 1. The van der Waals surface area contributed by atoms with Crippen molar-refractivity contribution in [3.63, 3.8) is 0 Å². The van der Waals surface area contributed by atoms with Gasteiger partial charge >= 0.3 is 6.18 Å². The normalized spacial score (nSPS) is 16.1. The molecule has 1 heterocycles. The van der Waals surface area contributed by atoms with Gasteiger partial charge in [0.25, 0.3) is 0 Å². The van der Waals surface area contributed by atoms with E-state index in [-0.39, 0.29) is 13.0 Å². The molecule has 1 saturated heterocycles. The molecule has 1 aliphatic heterocycles. The second kappa shape index (κ2) is 10.7. The highest BCUT2D eigenvalue weighted by Crippen LogP contribution is 2.28. The first-order valence-electron chi connectivity index (χ1n) is 10.0. The van der Waals surface area contributed by atoms with Crippen molar-refractivity contribution in [2.24, 2.45) is 5.92 Å². The third-order valence-electron chi connectivity index (χ3n) is 5.16. The van der Waals surface area contributed by atoms with Gasteiger partial charge in [-0.2, -0.15) is 13.2 Å². The van der Waals surface area contributed by atoms with E-state index in [2.05, 4.69) is 11.8 Å². The Bertz CT molecular complexity index is 493. The minimum Gasteiger partial charge on any atom is -0.494 e. The molecule has 0 N–H and O–H groups in total. The predicted octanol–water partition coefficient (Wildman–Crippen LogP) is 6.59. The molecule has 0 radical (unpaired) electrons. The fourth-order valence-electron chi connectivity index (χ4n) is 3.56. The zero-order valence-corrected chi connectivity index (χ0v) is 15.9. The Balaban J connectivity index is 1.67. The van der Waals surface area contributed by atoms with Gasteiger partial charge in [0.05, 0.1) is 6.61 Å². The van der Waals surface area contributed by atoms with Crippen LogP contribution in [-0.4, -0.2) is 25.9 Å². The molecule has 1 aliphatic rings. The minimum atomic E-state index is -4.10. The van der Waals surface area contributed by atoms with Crippen molar-refractivity contribution in [3.8, 4) is 5.75 Å². The lowest BCUT2D eigenvalue weighted by Crippen LogP contribution is -2.33. The maximum absolute atomic E-state index is 12.1. The van der Waals surface area contributed by atoms with Gasteiger partial charge in [-0.05, 0) is 49.4 Å². The standard InChI is InChI=1S/C21H32F3NO/c1-2-3-4-5-7-18-12-15-25(16-13-18)19-8-10-20(11-9-19)26-17-6-14-21(22,23)24/h8-11,18H,2-7,12-17H2,1H3. The molecule has 1 aromatic rings. The van der Waals surface area contributed by atoms with Gasteiger partial charge in [0.1, 0.15) is 5.75 Å². The molecule has 0 atom stereocenters. The molecule has 0 saturated carbocycles. The molecule has 0 unspecified atom stereocenters. The lowest BCUT2D eigenvalue weighted by Gasteiger charge is -2.33. The topological polar surface area (TPSA) is 12.5 Å². The number of halogens is 3. The van der Waals surface area contributed by atoms with Gasteiger partial charge in [-0.15, -0.1) is 0 Å². The molecular formula is C21H32F3NO. The maximum atomic E-state index is 12.1. The molecule has 1 aromatic carbocycles. The van der Waals surface area contributed by atoms with E-state index in [4.69, 9.17) is 4.74 Å². The monoisotopic (exact) mass is 371 g/mol. The van der Waals surface area contributed by atoms with Crippen LogP contribution < -0.4 is 9.64 Å². The molecule has 0 bridgehead atoms. The quantitative estimate of drug-likeness (QED) is 0.430. The molecule has 0 aliphatic carbocycles. The predicted molar refractivity (Wildman–Crippen MR) is 101 cm³/mol. The van der Waals surface area contributed by atoms with E-state index in [1.54, 1.807) is 0 Å². The summed E-state index contributed by atoms with van der Waals surface area (Å²) in [5.74, 6) is 1.50. The third kappa shape index (κ3) is 7.88. The third-order valence-corrected chi connectivity index (χ3v) is 5.16. The average Bonchev–Trinajstić information content (AvgIpc) is 2.63. The van der Waals surface area contributed by atoms with Crippen molar-refractivity contribution < 1.29 is 17.9 Å². The second-order valence-corrected chi connectivity index (χ2v) is 7.34. The van der Waals surface area contributed by atoms with Crippen molar-refractivity contribution in [2.45, 2.75) is 70.9 Å². The summed E-state index contributed by atoms with van der Waals surface area (Å²) in [6, 6.07) is 7.75. The van der Waals surface area contributed by atoms with Crippen LogP contribution in [0.25, 0.3) is 0 Å². The Morgan fingerprint density at radius 1 is 1.00 bits per heavy atom. The molecule has 0 amide bonds. The first kappa shape index (κ1) is 20.9. The van der Waals surface area contributed by atoms with E-state index < -0.39 is 12.6 Å². The van der Waals surface area contributed by atoms with Crippen molar-refractivity contribution in [1.82, 2.24) is 0 Å². The van der Waals surface area contributed by atoms with Gasteiger partial charge in [-0.3, -0.25) is 0 Å². The van der Waals surface area contributed by atoms with Gasteiger partial charge < -0.3 is 9.64 Å². The molecular weight excluding hydrogens is 339 g/mol. The van der Waals surface area contributed by atoms with E-state index in [1.807, 2.05) is 24.3 Å². The van der Waals surface area contributed by atoms with Crippen LogP contribution in [0, 0.1) is 5.92 Å². The lowest BCUT2D eigenvalue weighted by molar-refractivity contribution is -0.136. The minimum absolute atomic E-state index is 0.00296. The fraction of sp³-hybridized carbons (Fsp3) is 0.714. The summed E-state index contributed by atoms with van der Waals surface area (Å²) in [6.45, 7) is 4.52. The van der Waals surface area contributed by atoms with Crippen LogP contribution in [0.4, 0.5) is 18.9 Å². The molecule has 1 fully saturated rings. The number of ether oxygens (including phenoxy) is 1. The summed E-state index contributed by atoms with van der Waals surface area (Å²) in [6.07, 6.45) is 4.33. The zero-order chi connectivity index (χ0) is 18.8. The summed E-state index contributed by atoms with van der Waals surface area (Å²) in [4.78, 5) is 2.40. The Morgan fingerprint density at radius 3 is 2.31 bits per heavy atom. The van der Waals surface area contributed by atoms with Crippen LogP contribution in [0.5, 0.6) is 5.75 Å². The molecule has 2 nitrogen and oxygen atoms in total. The van der Waals surface area contributed by atoms with Crippen molar-refractivity contribution in [2.75, 3.05) is 24.6 Å². The van der Waals surface area contributed by atoms with E-state index in [9.17, 15) is 13.2 Å². The number of alkyl halides is 3. The Kier molecular flexibility index (Phi) is 8.60. The van der Waals surface area contributed by atoms with E-state index in [0.717, 1.165) is 19.0 Å². The summed E-state index contributed by atoms with van der Waals surface area (Å²) in [5.41, 5.74) is 1.18. The number of hydrogen-bond donors (Lipinski definition) is 0. The SMILES string of the molecule is CCCCCCC1CCN(c2ccc(OCCCC(F)(F)F)cc2)CC1. The lowest BCUT2D eigenvalue weighted by atomic mass is 9.91. The van der Waals surface area contributed by atoms with Crippen LogP contribution in [0.1, 0.15) is 64.7 Å². The van der Waals surface area contributed by atoms with Gasteiger partial charge in [0.2, 0.25) is 0 Å². The maximum Gasteiger partial charge on any atom is 0.389 e. The number of hydrogen-bond acceptors (Lipinski definition) is 2. The van der Waals surface area contributed by atoms with Crippen LogP contribution >= 0.6 is 0 Å². The van der Waals surface area contributed by atoms with E-state index in [1.165, 1.54) is 50.6 Å². The highest BCUT2D eigenvalue weighted by molar-refractivity contribution is 5.49. The van der Waals surface area contributed by atoms with Crippen LogP contribution in [-0.2, 0) is 0 Å². The average molecular weight is 371 g/mol. The summed E-state index contributed by atoms with van der Waals surface area (Å²) < 4.78 is 41.7. The van der Waals surface area contributed by atoms with Crippen LogP contribution in [0.3, 0.4) is 0 Å². The number of rotatable bonds is 10. The second-order valence-electron chi connectivity index (χ2n) is 7.34. The molecule has 26 heavy (non-hydrogen) atoms. The number of benzene rings is 1. The number of anilines is 1. The zero-order valence-electron chi connectivity index (χ0n) is 15.9. The van der Waals surface area contributed by atoms with Crippen molar-refractivity contribution in [3.05, 3.63) is 24.3 Å². The molecule has 5 heteroatoms. The first-order chi connectivity index (χ1) is 12.5. The summed E-state index contributed by atoms with van der Waals surface area (Å²) in [5, 5.41) is 0.